The van der Waals surface area contributed by atoms with Gasteiger partial charge in [0, 0.05) is 0 Å². The highest BCUT2D eigenvalue weighted by atomic mass is 16.5. The van der Waals surface area contributed by atoms with Crippen LogP contribution in [0.5, 0.6) is 0 Å². The maximum absolute atomic E-state index is 11.2. The maximum atomic E-state index is 11.2. The van der Waals surface area contributed by atoms with E-state index >= 15 is 0 Å². The summed E-state index contributed by atoms with van der Waals surface area (Å²) < 4.78 is 4.75. The number of rotatable bonds is 5. The zero-order valence-electron chi connectivity index (χ0n) is 8.30. The second-order valence-corrected chi connectivity index (χ2v) is 3.18. The van der Waals surface area contributed by atoms with Crippen LogP contribution < -0.4 is 0 Å². The van der Waals surface area contributed by atoms with Crippen molar-refractivity contribution in [2.45, 2.75) is 12.5 Å². The summed E-state index contributed by atoms with van der Waals surface area (Å²) in [6.07, 6.45) is -0.816. The van der Waals surface area contributed by atoms with E-state index in [0.717, 1.165) is 5.56 Å². The van der Waals surface area contributed by atoms with Crippen molar-refractivity contribution >= 4 is 5.97 Å². The van der Waals surface area contributed by atoms with Crippen LogP contribution in [-0.2, 0) is 16.0 Å². The van der Waals surface area contributed by atoms with Crippen LogP contribution in [0.2, 0.25) is 0 Å². The Bertz CT molecular complexity index is 297. The largest absolute Gasteiger partial charge is 0.463 e. The Morgan fingerprint density at radius 3 is 2.60 bits per heavy atom. The first kappa shape index (κ1) is 11.7. The highest BCUT2D eigenvalue weighted by Crippen LogP contribution is 2.00. The Balaban J connectivity index is 2.31. The number of benzene rings is 1. The van der Waals surface area contributed by atoms with Gasteiger partial charge in [-0.2, -0.15) is 0 Å². The minimum absolute atomic E-state index is 0.165. The third-order valence-corrected chi connectivity index (χ3v) is 1.84. The van der Waals surface area contributed by atoms with E-state index in [1.165, 1.54) is 0 Å². The molecule has 0 heterocycles. The van der Waals surface area contributed by atoms with Gasteiger partial charge in [-0.3, -0.25) is 4.79 Å². The molecule has 82 valence electrons. The van der Waals surface area contributed by atoms with Gasteiger partial charge < -0.3 is 14.9 Å². The number of aliphatic hydroxyl groups excluding tert-OH is 2. The summed E-state index contributed by atoms with van der Waals surface area (Å²) in [7, 11) is 0. The SMILES string of the molecule is O=C(Cc1ccccc1)OC[C@H](O)CO. The van der Waals surface area contributed by atoms with Gasteiger partial charge in [0.25, 0.3) is 0 Å². The molecule has 0 aromatic heterocycles. The van der Waals surface area contributed by atoms with Gasteiger partial charge in [-0.1, -0.05) is 30.3 Å². The normalized spacial score (nSPS) is 12.1. The highest BCUT2D eigenvalue weighted by molar-refractivity contribution is 5.72. The third kappa shape index (κ3) is 4.58. The predicted octanol–water partition coefficient (Wildman–Crippen LogP) is 0.125. The molecule has 0 aliphatic rings. The topological polar surface area (TPSA) is 66.8 Å². The summed E-state index contributed by atoms with van der Waals surface area (Å²) in [5.41, 5.74) is 0.862. The molecule has 4 heteroatoms. The molecule has 0 amide bonds. The molecular weight excluding hydrogens is 196 g/mol. The van der Waals surface area contributed by atoms with Gasteiger partial charge in [0.05, 0.1) is 13.0 Å². The Labute approximate surface area is 88.1 Å². The van der Waals surface area contributed by atoms with Crippen molar-refractivity contribution in [2.75, 3.05) is 13.2 Å². The van der Waals surface area contributed by atoms with Gasteiger partial charge in [-0.25, -0.2) is 0 Å². The van der Waals surface area contributed by atoms with Crippen LogP contribution in [0.4, 0.5) is 0 Å². The second kappa shape index (κ2) is 6.16. The Kier molecular flexibility index (Phi) is 4.80. The molecule has 1 aromatic rings. The fraction of sp³-hybridized carbons (Fsp3) is 0.364. The Hall–Kier alpha value is -1.39. The minimum Gasteiger partial charge on any atom is -0.463 e. The molecule has 0 unspecified atom stereocenters. The van der Waals surface area contributed by atoms with Crippen LogP contribution in [0, 0.1) is 0 Å². The Morgan fingerprint density at radius 1 is 1.33 bits per heavy atom. The van der Waals surface area contributed by atoms with Crippen LogP contribution in [0.15, 0.2) is 30.3 Å². The molecule has 0 saturated carbocycles. The van der Waals surface area contributed by atoms with Crippen LogP contribution in [0.25, 0.3) is 0 Å². The van der Waals surface area contributed by atoms with Gasteiger partial charge >= 0.3 is 5.97 Å². The zero-order chi connectivity index (χ0) is 11.1. The van der Waals surface area contributed by atoms with Crippen molar-refractivity contribution in [3.8, 4) is 0 Å². The van der Waals surface area contributed by atoms with Crippen molar-refractivity contribution in [1.29, 1.82) is 0 Å². The van der Waals surface area contributed by atoms with Crippen LogP contribution in [0.1, 0.15) is 5.56 Å². The molecule has 2 N–H and O–H groups in total. The lowest BCUT2D eigenvalue weighted by atomic mass is 10.2. The summed E-state index contributed by atoms with van der Waals surface area (Å²) >= 11 is 0. The average Bonchev–Trinajstić information content (AvgIpc) is 2.27. The smallest absolute Gasteiger partial charge is 0.310 e. The van der Waals surface area contributed by atoms with E-state index in [1.807, 2.05) is 30.3 Å². The summed E-state index contributed by atoms with van der Waals surface area (Å²) in [6, 6.07) is 9.19. The van der Waals surface area contributed by atoms with E-state index < -0.39 is 18.7 Å². The number of aliphatic hydroxyl groups is 2. The molecule has 0 spiro atoms. The summed E-state index contributed by atoms with van der Waals surface area (Å²) in [6.45, 7) is -0.569. The van der Waals surface area contributed by atoms with Crippen LogP contribution >= 0.6 is 0 Å². The molecule has 0 aliphatic carbocycles. The minimum atomic E-state index is -0.996. The van der Waals surface area contributed by atoms with E-state index in [0.29, 0.717) is 0 Å². The predicted molar refractivity (Wildman–Crippen MR) is 54.2 cm³/mol. The van der Waals surface area contributed by atoms with E-state index in [4.69, 9.17) is 14.9 Å². The van der Waals surface area contributed by atoms with E-state index in [2.05, 4.69) is 0 Å². The molecule has 0 bridgehead atoms. The first-order valence-corrected chi connectivity index (χ1v) is 4.71. The van der Waals surface area contributed by atoms with Crippen molar-refractivity contribution in [2.24, 2.45) is 0 Å². The monoisotopic (exact) mass is 210 g/mol. The molecule has 1 atom stereocenters. The summed E-state index contributed by atoms with van der Waals surface area (Å²) in [5.74, 6) is -0.409. The second-order valence-electron chi connectivity index (χ2n) is 3.18. The van der Waals surface area contributed by atoms with Crippen molar-refractivity contribution in [1.82, 2.24) is 0 Å². The van der Waals surface area contributed by atoms with Gasteiger partial charge in [0.1, 0.15) is 12.7 Å². The lowest BCUT2D eigenvalue weighted by Crippen LogP contribution is -2.22. The third-order valence-electron chi connectivity index (χ3n) is 1.84. The number of hydrogen-bond acceptors (Lipinski definition) is 4. The van der Waals surface area contributed by atoms with E-state index in [9.17, 15) is 4.79 Å². The molecular formula is C11H14O4. The standard InChI is InChI=1S/C11H14O4/c12-7-10(13)8-15-11(14)6-9-4-2-1-3-5-9/h1-5,10,12-13H,6-8H2/t10-/m1/s1. The van der Waals surface area contributed by atoms with Crippen molar-refractivity contribution in [3.63, 3.8) is 0 Å². The van der Waals surface area contributed by atoms with Crippen LogP contribution in [-0.4, -0.2) is 35.5 Å². The number of esters is 1. The lowest BCUT2D eigenvalue weighted by molar-refractivity contribution is -0.146. The van der Waals surface area contributed by atoms with Crippen molar-refractivity contribution < 1.29 is 19.7 Å². The molecule has 0 fully saturated rings. The van der Waals surface area contributed by atoms with Gasteiger partial charge in [-0.15, -0.1) is 0 Å². The fourth-order valence-corrected chi connectivity index (χ4v) is 1.06. The van der Waals surface area contributed by atoms with Crippen LogP contribution in [0.3, 0.4) is 0 Å². The Morgan fingerprint density at radius 2 is 2.00 bits per heavy atom. The number of hydrogen-bond donors (Lipinski definition) is 2. The van der Waals surface area contributed by atoms with Gasteiger partial charge in [-0.05, 0) is 5.56 Å². The first-order valence-electron chi connectivity index (χ1n) is 4.71. The number of carbonyl (C=O) groups excluding carboxylic acids is 1. The lowest BCUT2D eigenvalue weighted by Gasteiger charge is -2.08. The molecule has 0 radical (unpaired) electrons. The highest BCUT2D eigenvalue weighted by Gasteiger charge is 2.08. The van der Waals surface area contributed by atoms with Crippen molar-refractivity contribution in [3.05, 3.63) is 35.9 Å². The average molecular weight is 210 g/mol. The fourth-order valence-electron chi connectivity index (χ4n) is 1.06. The summed E-state index contributed by atoms with van der Waals surface area (Å²) in [4.78, 5) is 11.2. The van der Waals surface area contributed by atoms with E-state index in [1.54, 1.807) is 0 Å². The van der Waals surface area contributed by atoms with E-state index in [-0.39, 0.29) is 13.0 Å². The molecule has 1 aromatic carbocycles. The number of carbonyl (C=O) groups is 1. The molecule has 15 heavy (non-hydrogen) atoms. The molecule has 0 saturated heterocycles. The maximum Gasteiger partial charge on any atom is 0.310 e. The van der Waals surface area contributed by atoms with Gasteiger partial charge in [0.15, 0.2) is 0 Å². The molecule has 1 rings (SSSR count). The quantitative estimate of drug-likeness (QED) is 0.678. The summed E-state index contributed by atoms with van der Waals surface area (Å²) in [5, 5.41) is 17.4. The first-order chi connectivity index (χ1) is 7.22. The zero-order valence-corrected chi connectivity index (χ0v) is 8.30. The number of ether oxygens (including phenoxy) is 1. The molecule has 4 nitrogen and oxygen atoms in total. The molecule has 0 aliphatic heterocycles. The van der Waals surface area contributed by atoms with Gasteiger partial charge in [0.2, 0.25) is 0 Å².